The zero-order valence-corrected chi connectivity index (χ0v) is 12.2. The number of hydrogen-bond donors (Lipinski definition) is 2. The summed E-state index contributed by atoms with van der Waals surface area (Å²) in [4.78, 5) is 12.2. The Morgan fingerprint density at radius 2 is 2.18 bits per heavy atom. The average Bonchev–Trinajstić information content (AvgIpc) is 2.92. The molecule has 2 heterocycles. The van der Waals surface area contributed by atoms with Crippen LogP contribution in [0.5, 0.6) is 0 Å². The number of aromatic amines is 1. The molecule has 0 saturated carbocycles. The van der Waals surface area contributed by atoms with Crippen molar-refractivity contribution in [2.24, 2.45) is 5.14 Å². The Balaban J connectivity index is 2.02. The molecule has 9 nitrogen and oxygen atoms in total. The van der Waals surface area contributed by atoms with E-state index in [-0.39, 0.29) is 10.6 Å². The van der Waals surface area contributed by atoms with Gasteiger partial charge in [-0.15, -0.1) is 0 Å². The molecule has 1 aromatic carbocycles. The lowest BCUT2D eigenvalue weighted by atomic mass is 10.1. The van der Waals surface area contributed by atoms with E-state index in [2.05, 4.69) is 10.2 Å². The third-order valence-corrected chi connectivity index (χ3v) is 4.52. The fraction of sp³-hybridized carbons (Fsp3) is 0.250. The highest BCUT2D eigenvalue weighted by molar-refractivity contribution is 7.89. The summed E-state index contributed by atoms with van der Waals surface area (Å²) < 4.78 is 22.7. The number of nitrogens with two attached hydrogens (primary N) is 1. The molecule has 0 amide bonds. The van der Waals surface area contributed by atoms with Crippen molar-refractivity contribution in [3.8, 4) is 0 Å². The predicted molar refractivity (Wildman–Crippen MR) is 77.8 cm³/mol. The number of nitrogens with one attached hydrogen (secondary N) is 1. The summed E-state index contributed by atoms with van der Waals surface area (Å²) in [5, 5.41) is 23.1. The van der Waals surface area contributed by atoms with Crippen molar-refractivity contribution >= 4 is 21.4 Å². The van der Waals surface area contributed by atoms with E-state index in [1.54, 1.807) is 6.20 Å². The molecule has 1 aromatic heterocycles. The lowest BCUT2D eigenvalue weighted by Crippen LogP contribution is -2.30. The van der Waals surface area contributed by atoms with Crippen LogP contribution in [0, 0.1) is 10.1 Å². The third kappa shape index (κ3) is 2.53. The molecule has 0 bridgehead atoms. The summed E-state index contributed by atoms with van der Waals surface area (Å²) in [6.45, 7) is 1.05. The molecule has 0 spiro atoms. The standard InChI is InChI=1S/C12H13N5O4S/c13-22(20,21)9-1-2-11(12(5-9)17(18)19)16-4-3-10-8(7-16)6-14-15-10/h1-2,5-6H,3-4,7H2,(H,14,15)(H2,13,20,21). The van der Waals surface area contributed by atoms with Gasteiger partial charge in [0, 0.05) is 36.8 Å². The Hall–Kier alpha value is -2.46. The summed E-state index contributed by atoms with van der Waals surface area (Å²) in [5.74, 6) is 0. The molecule has 3 rings (SSSR count). The number of fused-ring (bicyclic) bond motifs is 1. The topological polar surface area (TPSA) is 135 Å². The van der Waals surface area contributed by atoms with Crippen molar-refractivity contribution < 1.29 is 13.3 Å². The van der Waals surface area contributed by atoms with Crippen molar-refractivity contribution in [3.05, 3.63) is 45.8 Å². The summed E-state index contributed by atoms with van der Waals surface area (Å²) >= 11 is 0. The number of sulfonamides is 1. The summed E-state index contributed by atoms with van der Waals surface area (Å²) in [5.41, 5.74) is 2.07. The van der Waals surface area contributed by atoms with Gasteiger partial charge in [0.1, 0.15) is 5.69 Å². The number of primary sulfonamides is 1. The van der Waals surface area contributed by atoms with Crippen molar-refractivity contribution in [3.63, 3.8) is 0 Å². The molecule has 0 saturated heterocycles. The summed E-state index contributed by atoms with van der Waals surface area (Å²) in [7, 11) is -3.98. The van der Waals surface area contributed by atoms with Crippen LogP contribution in [-0.4, -0.2) is 30.1 Å². The lowest BCUT2D eigenvalue weighted by molar-refractivity contribution is -0.384. The Kier molecular flexibility index (Phi) is 3.34. The van der Waals surface area contributed by atoms with Crippen LogP contribution in [-0.2, 0) is 23.0 Å². The first-order chi connectivity index (χ1) is 10.4. The number of benzene rings is 1. The molecular weight excluding hydrogens is 310 g/mol. The van der Waals surface area contributed by atoms with Gasteiger partial charge in [0.15, 0.2) is 0 Å². The van der Waals surface area contributed by atoms with Crippen LogP contribution in [0.4, 0.5) is 11.4 Å². The van der Waals surface area contributed by atoms with Crippen LogP contribution in [0.15, 0.2) is 29.3 Å². The van der Waals surface area contributed by atoms with Crippen LogP contribution in [0.25, 0.3) is 0 Å². The number of hydrogen-bond acceptors (Lipinski definition) is 6. The van der Waals surface area contributed by atoms with Gasteiger partial charge in [0.25, 0.3) is 5.69 Å². The highest BCUT2D eigenvalue weighted by Crippen LogP contribution is 2.33. The molecule has 1 aliphatic rings. The maximum Gasteiger partial charge on any atom is 0.293 e. The molecular formula is C12H13N5O4S. The van der Waals surface area contributed by atoms with Gasteiger partial charge in [-0.2, -0.15) is 5.10 Å². The molecule has 0 radical (unpaired) electrons. The van der Waals surface area contributed by atoms with Gasteiger partial charge >= 0.3 is 0 Å². The van der Waals surface area contributed by atoms with Crippen LogP contribution >= 0.6 is 0 Å². The van der Waals surface area contributed by atoms with Crippen LogP contribution in [0.1, 0.15) is 11.3 Å². The molecule has 10 heteroatoms. The van der Waals surface area contributed by atoms with E-state index in [1.165, 1.54) is 12.1 Å². The molecule has 116 valence electrons. The Bertz CT molecular complexity index is 845. The maximum absolute atomic E-state index is 11.4. The number of aromatic nitrogens is 2. The van der Waals surface area contributed by atoms with Crippen LogP contribution in [0.3, 0.4) is 0 Å². The van der Waals surface area contributed by atoms with E-state index < -0.39 is 14.9 Å². The van der Waals surface area contributed by atoms with Crippen molar-refractivity contribution in [1.29, 1.82) is 0 Å². The number of rotatable bonds is 3. The number of nitro groups is 1. The Labute approximate surface area is 125 Å². The van der Waals surface area contributed by atoms with E-state index in [9.17, 15) is 18.5 Å². The molecule has 0 aliphatic carbocycles. The summed E-state index contributed by atoms with van der Waals surface area (Å²) in [6.07, 6.45) is 2.37. The second-order valence-electron chi connectivity index (χ2n) is 5.00. The first-order valence-electron chi connectivity index (χ1n) is 6.43. The number of anilines is 1. The highest BCUT2D eigenvalue weighted by Gasteiger charge is 2.26. The lowest BCUT2D eigenvalue weighted by Gasteiger charge is -2.28. The summed E-state index contributed by atoms with van der Waals surface area (Å²) in [6, 6.07) is 3.70. The first-order valence-corrected chi connectivity index (χ1v) is 7.98. The smallest absolute Gasteiger partial charge is 0.293 e. The van der Waals surface area contributed by atoms with Crippen LogP contribution < -0.4 is 10.0 Å². The molecule has 3 N–H and O–H groups in total. The fourth-order valence-corrected chi connectivity index (χ4v) is 3.06. The first kappa shape index (κ1) is 14.5. The van der Waals surface area contributed by atoms with E-state index in [0.717, 1.165) is 17.3 Å². The normalized spacial score (nSPS) is 14.7. The molecule has 2 aromatic rings. The molecule has 1 aliphatic heterocycles. The van der Waals surface area contributed by atoms with E-state index in [0.29, 0.717) is 25.2 Å². The van der Waals surface area contributed by atoms with E-state index in [4.69, 9.17) is 5.14 Å². The molecule has 0 unspecified atom stereocenters. The Morgan fingerprint density at radius 3 is 2.86 bits per heavy atom. The molecule has 22 heavy (non-hydrogen) atoms. The van der Waals surface area contributed by atoms with Gasteiger partial charge < -0.3 is 4.90 Å². The second-order valence-corrected chi connectivity index (χ2v) is 6.56. The van der Waals surface area contributed by atoms with Gasteiger partial charge in [0.05, 0.1) is 16.0 Å². The van der Waals surface area contributed by atoms with Gasteiger partial charge in [-0.05, 0) is 12.1 Å². The number of H-pyrrole nitrogens is 1. The molecule has 0 fully saturated rings. The second kappa shape index (κ2) is 5.07. The minimum atomic E-state index is -3.98. The predicted octanol–water partition coefficient (Wildman–Crippen LogP) is 0.528. The third-order valence-electron chi connectivity index (χ3n) is 3.61. The quantitative estimate of drug-likeness (QED) is 0.624. The SMILES string of the molecule is NS(=O)(=O)c1ccc(N2CCc3[nH]ncc3C2)c([N+](=O)[O-])c1. The minimum Gasteiger partial charge on any atom is -0.361 e. The van der Waals surface area contributed by atoms with Gasteiger partial charge in [-0.3, -0.25) is 15.2 Å². The Morgan fingerprint density at radius 1 is 1.41 bits per heavy atom. The molecule has 0 atom stereocenters. The van der Waals surface area contributed by atoms with E-state index in [1.807, 2.05) is 4.90 Å². The fourth-order valence-electron chi connectivity index (χ4n) is 2.52. The van der Waals surface area contributed by atoms with Crippen molar-refractivity contribution in [1.82, 2.24) is 10.2 Å². The van der Waals surface area contributed by atoms with Crippen LogP contribution in [0.2, 0.25) is 0 Å². The van der Waals surface area contributed by atoms with Gasteiger partial charge in [-0.1, -0.05) is 0 Å². The monoisotopic (exact) mass is 323 g/mol. The van der Waals surface area contributed by atoms with Crippen molar-refractivity contribution in [2.45, 2.75) is 17.9 Å². The maximum atomic E-state index is 11.4. The zero-order chi connectivity index (χ0) is 15.9. The van der Waals surface area contributed by atoms with E-state index >= 15 is 0 Å². The highest BCUT2D eigenvalue weighted by atomic mass is 32.2. The largest absolute Gasteiger partial charge is 0.361 e. The average molecular weight is 323 g/mol. The van der Waals surface area contributed by atoms with Gasteiger partial charge in [-0.25, -0.2) is 13.6 Å². The number of nitro benzene ring substituents is 1. The number of nitrogens with zero attached hydrogens (tertiary/aromatic N) is 3. The minimum absolute atomic E-state index is 0.274. The van der Waals surface area contributed by atoms with Crippen molar-refractivity contribution in [2.75, 3.05) is 11.4 Å². The zero-order valence-electron chi connectivity index (χ0n) is 11.4. The van der Waals surface area contributed by atoms with Gasteiger partial charge in [0.2, 0.25) is 10.0 Å².